The van der Waals surface area contributed by atoms with Crippen molar-refractivity contribution in [2.24, 2.45) is 0 Å². The van der Waals surface area contributed by atoms with Gasteiger partial charge in [-0.15, -0.1) is 0 Å². The third-order valence-corrected chi connectivity index (χ3v) is 8.28. The molecule has 1 atom stereocenters. The molecule has 1 aromatic carbocycles. The van der Waals surface area contributed by atoms with Crippen molar-refractivity contribution in [3.63, 3.8) is 0 Å². The minimum absolute atomic E-state index is 0.0164. The molecule has 0 radical (unpaired) electrons. The average Bonchev–Trinajstić information content (AvgIpc) is 2.99. The molecule has 0 spiro atoms. The fourth-order valence-corrected chi connectivity index (χ4v) is 6.21. The van der Waals surface area contributed by atoms with Gasteiger partial charge in [-0.05, 0) is 65.4 Å². The van der Waals surface area contributed by atoms with Gasteiger partial charge in [0.15, 0.2) is 11.9 Å². The first-order valence-electron chi connectivity index (χ1n) is 15.8. The average molecular weight is 660 g/mol. The van der Waals surface area contributed by atoms with Gasteiger partial charge in [-0.1, -0.05) is 49.7 Å². The second-order valence-corrected chi connectivity index (χ2v) is 13.9. The second-order valence-electron chi connectivity index (χ2n) is 13.5. The summed E-state index contributed by atoms with van der Waals surface area (Å²) in [7, 11) is 3.93. The van der Waals surface area contributed by atoms with E-state index in [4.69, 9.17) is 26.3 Å². The quantitative estimate of drug-likeness (QED) is 0.222. The molecule has 1 amide bonds. The van der Waals surface area contributed by atoms with Crippen molar-refractivity contribution in [3.8, 4) is 16.9 Å². The monoisotopic (exact) mass is 659 g/mol. The minimum Gasteiger partial charge on any atom is -0.444 e. The molecule has 4 aromatic rings. The molecule has 47 heavy (non-hydrogen) atoms. The Morgan fingerprint density at radius 3 is 2.51 bits per heavy atom. The summed E-state index contributed by atoms with van der Waals surface area (Å²) in [5.41, 5.74) is 2.80. The van der Waals surface area contributed by atoms with Gasteiger partial charge in [-0.2, -0.15) is 4.98 Å². The lowest BCUT2D eigenvalue weighted by Crippen LogP contribution is -2.55. The zero-order valence-corrected chi connectivity index (χ0v) is 29.0. The lowest BCUT2D eigenvalue weighted by molar-refractivity contribution is 0.0218. The van der Waals surface area contributed by atoms with E-state index >= 15 is 0 Å². The number of fused-ring (bicyclic) bond motifs is 1. The van der Waals surface area contributed by atoms with Gasteiger partial charge in [0.1, 0.15) is 11.4 Å². The number of piperazine rings is 1. The number of hydrogen-bond acceptors (Lipinski definition) is 9. The summed E-state index contributed by atoms with van der Waals surface area (Å²) in [6.07, 6.45) is 2.14. The van der Waals surface area contributed by atoms with E-state index in [1.54, 1.807) is 35.4 Å². The fraction of sp³-hybridized carbons (Fsp3) is 0.429. The van der Waals surface area contributed by atoms with Crippen LogP contribution < -0.4 is 10.6 Å². The third-order valence-electron chi connectivity index (χ3n) is 7.99. The lowest BCUT2D eigenvalue weighted by atomic mass is 10.0. The van der Waals surface area contributed by atoms with Gasteiger partial charge < -0.3 is 19.4 Å². The molecule has 5 rings (SSSR count). The summed E-state index contributed by atoms with van der Waals surface area (Å²) in [6, 6.07) is 10.5. The van der Waals surface area contributed by atoms with E-state index in [-0.39, 0.29) is 18.1 Å². The predicted molar refractivity (Wildman–Crippen MR) is 185 cm³/mol. The third kappa shape index (κ3) is 7.01. The number of aldehydes is 1. The first-order chi connectivity index (χ1) is 22.2. The number of carbonyl (C=O) groups is 2. The largest absolute Gasteiger partial charge is 0.444 e. The fourth-order valence-electron chi connectivity index (χ4n) is 5.96. The summed E-state index contributed by atoms with van der Waals surface area (Å²) in [6.45, 7) is 13.3. The van der Waals surface area contributed by atoms with Crippen molar-refractivity contribution in [1.29, 1.82) is 0 Å². The van der Waals surface area contributed by atoms with Crippen LogP contribution >= 0.6 is 11.6 Å². The van der Waals surface area contributed by atoms with E-state index in [0.29, 0.717) is 70.6 Å². The van der Waals surface area contributed by atoms with Crippen molar-refractivity contribution < 1.29 is 14.3 Å². The van der Waals surface area contributed by atoms with E-state index in [2.05, 4.69) is 4.98 Å². The van der Waals surface area contributed by atoms with Crippen LogP contribution in [-0.4, -0.2) is 87.1 Å². The Balaban J connectivity index is 1.77. The van der Waals surface area contributed by atoms with E-state index < -0.39 is 11.3 Å². The van der Waals surface area contributed by atoms with Crippen LogP contribution in [0.3, 0.4) is 0 Å². The molecule has 3 aromatic heterocycles. The number of anilines is 1. The van der Waals surface area contributed by atoms with Gasteiger partial charge >= 0.3 is 11.8 Å². The van der Waals surface area contributed by atoms with Crippen molar-refractivity contribution in [2.45, 2.75) is 65.6 Å². The molecule has 0 N–H and O–H groups in total. The van der Waals surface area contributed by atoms with Crippen molar-refractivity contribution in [3.05, 3.63) is 74.9 Å². The zero-order chi connectivity index (χ0) is 34.2. The van der Waals surface area contributed by atoms with E-state index in [0.717, 1.165) is 17.5 Å². The van der Waals surface area contributed by atoms with Crippen LogP contribution in [0.25, 0.3) is 28.0 Å². The smallest absolute Gasteiger partial charge is 0.410 e. The standard InChI is InChI=1S/C35H42ClN7O4/c1-21(2)28-30(23(13-14-37-28)19-40(7)8)43-32-26(17-27(36)29(38-32)25-12-10-9-11-24(25)20-44)31(39-33(43)45)42-16-15-41(18-22(42)3)34(46)47-35(4,5)6/h9-14,17,20-22H,15-16,18-19H2,1-8H3/t22-/m0/s1. The maximum atomic E-state index is 14.4. The van der Waals surface area contributed by atoms with Gasteiger partial charge in [0.25, 0.3) is 0 Å². The molecule has 0 unspecified atom stereocenters. The van der Waals surface area contributed by atoms with Gasteiger partial charge in [0.2, 0.25) is 0 Å². The number of halogens is 1. The van der Waals surface area contributed by atoms with Crippen molar-refractivity contribution >= 4 is 40.8 Å². The highest BCUT2D eigenvalue weighted by atomic mass is 35.5. The number of pyridine rings is 2. The Hall–Kier alpha value is -4.35. The second kappa shape index (κ2) is 13.4. The lowest BCUT2D eigenvalue weighted by Gasteiger charge is -2.41. The van der Waals surface area contributed by atoms with Gasteiger partial charge in [0.05, 0.1) is 27.5 Å². The maximum Gasteiger partial charge on any atom is 0.410 e. The van der Waals surface area contributed by atoms with Crippen molar-refractivity contribution in [1.82, 2.24) is 29.3 Å². The van der Waals surface area contributed by atoms with E-state index in [1.165, 1.54) is 4.57 Å². The minimum atomic E-state index is -0.616. The van der Waals surface area contributed by atoms with Crippen LogP contribution in [0.4, 0.5) is 10.6 Å². The summed E-state index contributed by atoms with van der Waals surface area (Å²) in [4.78, 5) is 59.5. The molecule has 1 saturated heterocycles. The number of amides is 1. The SMILES string of the molecule is CC(C)c1nccc(CN(C)C)c1-n1c(=O)nc(N2CCN(C(=O)OC(C)(C)C)C[C@@H]2C)c2cc(Cl)c(-c3ccccc3C=O)nc21. The Kier molecular flexibility index (Phi) is 9.70. The van der Waals surface area contributed by atoms with Crippen LogP contribution in [-0.2, 0) is 11.3 Å². The van der Waals surface area contributed by atoms with Crippen LogP contribution in [0.2, 0.25) is 5.02 Å². The molecule has 11 nitrogen and oxygen atoms in total. The summed E-state index contributed by atoms with van der Waals surface area (Å²) < 4.78 is 7.15. The number of hydrogen-bond donors (Lipinski definition) is 0. The van der Waals surface area contributed by atoms with Gasteiger partial charge in [0, 0.05) is 49.5 Å². The normalized spacial score (nSPS) is 15.5. The molecular weight excluding hydrogens is 618 g/mol. The first kappa shape index (κ1) is 34.0. The summed E-state index contributed by atoms with van der Waals surface area (Å²) >= 11 is 6.96. The molecule has 1 fully saturated rings. The molecule has 1 aliphatic rings. The maximum absolute atomic E-state index is 14.4. The van der Waals surface area contributed by atoms with Gasteiger partial charge in [-0.25, -0.2) is 19.1 Å². The number of benzene rings is 1. The number of rotatable bonds is 7. The number of ether oxygens (including phenoxy) is 1. The van der Waals surface area contributed by atoms with Crippen molar-refractivity contribution in [2.75, 3.05) is 38.6 Å². The van der Waals surface area contributed by atoms with Crippen LogP contribution in [0, 0.1) is 0 Å². The highest BCUT2D eigenvalue weighted by Gasteiger charge is 2.33. The van der Waals surface area contributed by atoms with E-state index in [9.17, 15) is 14.4 Å². The predicted octanol–water partition coefficient (Wildman–Crippen LogP) is 5.94. The topological polar surface area (TPSA) is 114 Å². The van der Waals surface area contributed by atoms with Gasteiger partial charge in [-0.3, -0.25) is 9.78 Å². The molecule has 0 aliphatic carbocycles. The van der Waals surface area contributed by atoms with Crippen LogP contribution in [0.5, 0.6) is 0 Å². The summed E-state index contributed by atoms with van der Waals surface area (Å²) in [5, 5.41) is 0.873. The highest BCUT2D eigenvalue weighted by Crippen LogP contribution is 2.36. The van der Waals surface area contributed by atoms with Crippen LogP contribution in [0.15, 0.2) is 47.4 Å². The Bertz CT molecular complexity index is 1880. The zero-order valence-electron chi connectivity index (χ0n) is 28.2. The number of carbonyl (C=O) groups excluding carboxylic acids is 2. The Morgan fingerprint density at radius 2 is 1.87 bits per heavy atom. The number of nitrogens with zero attached hydrogens (tertiary/aromatic N) is 7. The summed E-state index contributed by atoms with van der Waals surface area (Å²) in [5.74, 6) is 0.406. The Morgan fingerprint density at radius 1 is 1.15 bits per heavy atom. The highest BCUT2D eigenvalue weighted by molar-refractivity contribution is 6.34. The first-order valence-corrected chi connectivity index (χ1v) is 16.1. The molecular formula is C35H42ClN7O4. The molecule has 12 heteroatoms. The molecule has 0 saturated carbocycles. The molecule has 248 valence electrons. The molecule has 0 bridgehead atoms. The Labute approximate surface area is 280 Å². The van der Waals surface area contributed by atoms with Crippen LogP contribution in [0.1, 0.15) is 69.1 Å². The number of aromatic nitrogens is 4. The molecule has 4 heterocycles. The molecule has 1 aliphatic heterocycles. The van der Waals surface area contributed by atoms with E-state index in [1.807, 2.05) is 77.6 Å².